The summed E-state index contributed by atoms with van der Waals surface area (Å²) in [6.07, 6.45) is 7.76. The van der Waals surface area contributed by atoms with Crippen LogP contribution in [0, 0.1) is 11.8 Å². The molecule has 0 spiro atoms. The van der Waals surface area contributed by atoms with E-state index in [-0.39, 0.29) is 0 Å². The molecule has 1 aliphatic heterocycles. The van der Waals surface area contributed by atoms with E-state index >= 15 is 0 Å². The second-order valence-corrected chi connectivity index (χ2v) is 6.71. The maximum Gasteiger partial charge on any atom is 0.303 e. The number of aliphatic carboxylic acids is 1. The van der Waals surface area contributed by atoms with Gasteiger partial charge >= 0.3 is 5.97 Å². The highest BCUT2D eigenvalue weighted by Crippen LogP contribution is 2.28. The fourth-order valence-corrected chi connectivity index (χ4v) is 3.35. The molecular weight excluding hydrogens is 304 g/mol. The van der Waals surface area contributed by atoms with Crippen molar-refractivity contribution in [3.05, 3.63) is 30.3 Å². The minimum absolute atomic E-state index is 0.292. The molecule has 0 amide bonds. The van der Waals surface area contributed by atoms with Crippen molar-refractivity contribution in [3.8, 4) is 5.75 Å². The molecule has 1 fully saturated rings. The molecule has 2 rings (SSSR count). The highest BCUT2D eigenvalue weighted by molar-refractivity contribution is 5.66. The van der Waals surface area contributed by atoms with Crippen molar-refractivity contribution in [2.24, 2.45) is 11.8 Å². The van der Waals surface area contributed by atoms with Gasteiger partial charge in [0.2, 0.25) is 0 Å². The lowest BCUT2D eigenvalue weighted by molar-refractivity contribution is -0.137. The van der Waals surface area contributed by atoms with Gasteiger partial charge in [-0.15, -0.1) is 0 Å². The number of benzene rings is 1. The Labute approximate surface area is 145 Å². The molecule has 1 aliphatic rings. The molecule has 4 heteroatoms. The number of carboxylic acids is 1. The second-order valence-electron chi connectivity index (χ2n) is 6.71. The summed E-state index contributed by atoms with van der Waals surface area (Å²) in [5.74, 6) is 1.35. The largest absolute Gasteiger partial charge is 0.493 e. The van der Waals surface area contributed by atoms with E-state index in [4.69, 9.17) is 14.6 Å². The zero-order valence-corrected chi connectivity index (χ0v) is 14.5. The molecule has 134 valence electrons. The van der Waals surface area contributed by atoms with E-state index in [1.54, 1.807) is 0 Å². The first-order valence-electron chi connectivity index (χ1n) is 9.23. The van der Waals surface area contributed by atoms with E-state index in [9.17, 15) is 4.79 Å². The first kappa shape index (κ1) is 18.8. The third kappa shape index (κ3) is 7.35. The van der Waals surface area contributed by atoms with Gasteiger partial charge < -0.3 is 14.6 Å². The van der Waals surface area contributed by atoms with Gasteiger partial charge in [-0.2, -0.15) is 0 Å². The minimum Gasteiger partial charge on any atom is -0.493 e. The van der Waals surface area contributed by atoms with E-state index in [0.29, 0.717) is 18.3 Å². The molecule has 1 saturated heterocycles. The van der Waals surface area contributed by atoms with Gasteiger partial charge in [-0.3, -0.25) is 4.79 Å². The lowest BCUT2D eigenvalue weighted by atomic mass is 9.86. The van der Waals surface area contributed by atoms with Crippen LogP contribution in [-0.4, -0.2) is 30.9 Å². The van der Waals surface area contributed by atoms with Crippen LogP contribution in [0.5, 0.6) is 5.75 Å². The molecule has 0 unspecified atom stereocenters. The Morgan fingerprint density at radius 1 is 1.12 bits per heavy atom. The Balaban J connectivity index is 1.71. The average Bonchev–Trinajstić information content (AvgIpc) is 2.82. The Bertz CT molecular complexity index is 460. The zero-order chi connectivity index (χ0) is 17.0. The topological polar surface area (TPSA) is 55.8 Å². The summed E-state index contributed by atoms with van der Waals surface area (Å²) >= 11 is 0. The molecule has 0 bridgehead atoms. The number of rotatable bonds is 10. The summed E-state index contributed by atoms with van der Waals surface area (Å²) in [5, 5.41) is 8.66. The minimum atomic E-state index is -0.690. The van der Waals surface area contributed by atoms with Gasteiger partial charge in [-0.1, -0.05) is 37.5 Å². The monoisotopic (exact) mass is 334 g/mol. The first-order chi connectivity index (χ1) is 11.8. The summed E-state index contributed by atoms with van der Waals surface area (Å²) in [4.78, 5) is 10.5. The van der Waals surface area contributed by atoms with Crippen molar-refractivity contribution in [2.45, 2.75) is 51.4 Å². The van der Waals surface area contributed by atoms with Crippen LogP contribution in [0.1, 0.15) is 51.4 Å². The van der Waals surface area contributed by atoms with Crippen LogP contribution in [0.25, 0.3) is 0 Å². The number of ether oxygens (including phenoxy) is 2. The second kappa shape index (κ2) is 11.1. The van der Waals surface area contributed by atoms with Crippen LogP contribution in [0.3, 0.4) is 0 Å². The average molecular weight is 334 g/mol. The van der Waals surface area contributed by atoms with Crippen LogP contribution in [-0.2, 0) is 9.53 Å². The van der Waals surface area contributed by atoms with Gasteiger partial charge in [0.15, 0.2) is 0 Å². The summed E-state index contributed by atoms with van der Waals surface area (Å²) in [6.45, 7) is 2.45. The fourth-order valence-electron chi connectivity index (χ4n) is 3.35. The highest BCUT2D eigenvalue weighted by Gasteiger charge is 2.24. The lowest BCUT2D eigenvalue weighted by Gasteiger charge is -2.24. The van der Waals surface area contributed by atoms with Crippen molar-refractivity contribution in [1.29, 1.82) is 0 Å². The van der Waals surface area contributed by atoms with Crippen LogP contribution >= 0.6 is 0 Å². The SMILES string of the molecule is O=C(O)CCCCCC[C@H]1COCCC[C@@H]1COc1ccccc1. The molecular formula is C20H30O4. The molecule has 0 saturated carbocycles. The molecule has 0 aliphatic carbocycles. The first-order valence-corrected chi connectivity index (χ1v) is 9.23. The number of carboxylic acid groups (broad SMARTS) is 1. The van der Waals surface area contributed by atoms with Crippen LogP contribution in [0.15, 0.2) is 30.3 Å². The number of unbranched alkanes of at least 4 members (excludes halogenated alkanes) is 3. The van der Waals surface area contributed by atoms with E-state index < -0.39 is 5.97 Å². The van der Waals surface area contributed by atoms with Gasteiger partial charge in [0, 0.05) is 19.6 Å². The highest BCUT2D eigenvalue weighted by atomic mass is 16.5. The van der Waals surface area contributed by atoms with Crippen molar-refractivity contribution in [3.63, 3.8) is 0 Å². The summed E-state index contributed by atoms with van der Waals surface area (Å²) in [5.41, 5.74) is 0. The number of hydrogen-bond acceptors (Lipinski definition) is 3. The normalized spacial score (nSPS) is 21.2. The Morgan fingerprint density at radius 2 is 1.92 bits per heavy atom. The van der Waals surface area contributed by atoms with E-state index in [2.05, 4.69) is 0 Å². The van der Waals surface area contributed by atoms with Crippen LogP contribution in [0.2, 0.25) is 0 Å². The van der Waals surface area contributed by atoms with Crippen molar-refractivity contribution < 1.29 is 19.4 Å². The van der Waals surface area contributed by atoms with Gasteiger partial charge in [0.05, 0.1) is 6.61 Å². The van der Waals surface area contributed by atoms with Crippen molar-refractivity contribution >= 4 is 5.97 Å². The standard InChI is InChI=1S/C20H30O4/c21-20(22)13-7-2-1-4-9-17-15-23-14-8-10-18(17)16-24-19-11-5-3-6-12-19/h3,5-6,11-12,17-18H,1-2,4,7-10,13-16H2,(H,21,22)/t17-,18+/m0/s1. The third-order valence-electron chi connectivity index (χ3n) is 4.79. The smallest absolute Gasteiger partial charge is 0.303 e. The van der Waals surface area contributed by atoms with Gasteiger partial charge in [-0.05, 0) is 49.7 Å². The van der Waals surface area contributed by atoms with E-state index in [0.717, 1.165) is 70.5 Å². The molecule has 1 aromatic rings. The Kier molecular flexibility index (Phi) is 8.67. The molecule has 24 heavy (non-hydrogen) atoms. The van der Waals surface area contributed by atoms with Crippen LogP contribution in [0.4, 0.5) is 0 Å². The number of para-hydroxylation sites is 1. The number of carbonyl (C=O) groups is 1. The van der Waals surface area contributed by atoms with Crippen molar-refractivity contribution in [1.82, 2.24) is 0 Å². The molecule has 0 aromatic heterocycles. The molecule has 1 aromatic carbocycles. The predicted molar refractivity (Wildman–Crippen MR) is 94.3 cm³/mol. The molecule has 1 heterocycles. The quantitative estimate of drug-likeness (QED) is 0.639. The maximum absolute atomic E-state index is 10.5. The van der Waals surface area contributed by atoms with E-state index in [1.807, 2.05) is 30.3 Å². The molecule has 0 radical (unpaired) electrons. The van der Waals surface area contributed by atoms with Crippen LogP contribution < -0.4 is 4.74 Å². The van der Waals surface area contributed by atoms with Gasteiger partial charge in [0.1, 0.15) is 5.75 Å². The summed E-state index contributed by atoms with van der Waals surface area (Å²) < 4.78 is 11.7. The van der Waals surface area contributed by atoms with Crippen molar-refractivity contribution in [2.75, 3.05) is 19.8 Å². The summed E-state index contributed by atoms with van der Waals surface area (Å²) in [7, 11) is 0. The summed E-state index contributed by atoms with van der Waals surface area (Å²) in [6, 6.07) is 10.0. The van der Waals surface area contributed by atoms with Gasteiger partial charge in [0.25, 0.3) is 0 Å². The molecule has 4 nitrogen and oxygen atoms in total. The fraction of sp³-hybridized carbons (Fsp3) is 0.650. The number of hydrogen-bond donors (Lipinski definition) is 1. The Morgan fingerprint density at radius 3 is 2.71 bits per heavy atom. The molecule has 1 N–H and O–H groups in total. The maximum atomic E-state index is 10.5. The Hall–Kier alpha value is -1.55. The predicted octanol–water partition coefficient (Wildman–Crippen LogP) is 4.53. The third-order valence-corrected chi connectivity index (χ3v) is 4.79. The van der Waals surface area contributed by atoms with Gasteiger partial charge in [-0.25, -0.2) is 0 Å². The molecule has 2 atom stereocenters. The lowest BCUT2D eigenvalue weighted by Crippen LogP contribution is -2.24. The van der Waals surface area contributed by atoms with E-state index in [1.165, 1.54) is 0 Å². The zero-order valence-electron chi connectivity index (χ0n) is 14.5.